The number of benzene rings is 1. The molecule has 0 fully saturated rings. The van der Waals surface area contributed by atoms with Crippen LogP contribution in [0.1, 0.15) is 16.1 Å². The second-order valence-electron chi connectivity index (χ2n) is 5.79. The molecule has 0 aliphatic carbocycles. The monoisotopic (exact) mass is 387 g/mol. The van der Waals surface area contributed by atoms with Gasteiger partial charge >= 0.3 is 0 Å². The summed E-state index contributed by atoms with van der Waals surface area (Å²) in [5.41, 5.74) is 4.17. The largest absolute Gasteiger partial charge is 0.504 e. The van der Waals surface area contributed by atoms with Crippen molar-refractivity contribution < 1.29 is 14.6 Å². The van der Waals surface area contributed by atoms with Gasteiger partial charge in [0.1, 0.15) is 12.3 Å². The molecule has 2 aromatic heterocycles. The standard InChI is InChI=1S/C18H14ClN3O3S/c19-13-1-2-14(20-7-13)11-5-12-8-22(18(24)15-9-26-10-21-15)3-4-25-17(12)16(23)6-11/h1-2,5-7,9-10,23H,3-4,8H2. The predicted molar refractivity (Wildman–Crippen MR) is 98.7 cm³/mol. The second-order valence-corrected chi connectivity index (χ2v) is 6.95. The lowest BCUT2D eigenvalue weighted by molar-refractivity contribution is 0.0728. The third kappa shape index (κ3) is 3.23. The molecule has 6 nitrogen and oxygen atoms in total. The molecule has 0 bridgehead atoms. The number of carbonyl (C=O) groups is 1. The SMILES string of the molecule is O=C(c1cscn1)N1CCOc2c(O)cc(-c3ccc(Cl)cn3)cc2C1. The highest BCUT2D eigenvalue weighted by Crippen LogP contribution is 2.37. The molecular weight excluding hydrogens is 374 g/mol. The van der Waals surface area contributed by atoms with E-state index < -0.39 is 0 Å². The van der Waals surface area contributed by atoms with Crippen molar-refractivity contribution in [1.82, 2.24) is 14.9 Å². The molecule has 0 spiro atoms. The smallest absolute Gasteiger partial charge is 0.273 e. The number of ether oxygens (including phenoxy) is 1. The number of amides is 1. The lowest BCUT2D eigenvalue weighted by atomic mass is 10.0. The summed E-state index contributed by atoms with van der Waals surface area (Å²) in [6.45, 7) is 1.04. The molecule has 132 valence electrons. The van der Waals surface area contributed by atoms with Crippen molar-refractivity contribution in [2.75, 3.05) is 13.2 Å². The Balaban J connectivity index is 1.69. The number of fused-ring (bicyclic) bond motifs is 1. The average molecular weight is 388 g/mol. The molecule has 0 saturated heterocycles. The molecule has 1 amide bonds. The van der Waals surface area contributed by atoms with Crippen LogP contribution in [-0.2, 0) is 6.54 Å². The van der Waals surface area contributed by atoms with Gasteiger partial charge in [-0.15, -0.1) is 11.3 Å². The predicted octanol–water partition coefficient (Wildman–Crippen LogP) is 3.60. The minimum absolute atomic E-state index is 0.0252. The fourth-order valence-electron chi connectivity index (χ4n) is 2.85. The van der Waals surface area contributed by atoms with Crippen LogP contribution in [0.3, 0.4) is 0 Å². The van der Waals surface area contributed by atoms with Crippen molar-refractivity contribution >= 4 is 28.8 Å². The molecule has 0 atom stereocenters. The number of nitrogens with zero attached hydrogens (tertiary/aromatic N) is 3. The van der Waals surface area contributed by atoms with Crippen molar-refractivity contribution in [2.24, 2.45) is 0 Å². The summed E-state index contributed by atoms with van der Waals surface area (Å²) >= 11 is 7.27. The molecule has 8 heteroatoms. The zero-order valence-electron chi connectivity index (χ0n) is 13.6. The highest BCUT2D eigenvalue weighted by molar-refractivity contribution is 7.07. The van der Waals surface area contributed by atoms with Gasteiger partial charge in [-0.05, 0) is 24.3 Å². The highest BCUT2D eigenvalue weighted by Gasteiger charge is 2.24. The van der Waals surface area contributed by atoms with Crippen LogP contribution in [-0.4, -0.2) is 39.0 Å². The second kappa shape index (κ2) is 6.93. The van der Waals surface area contributed by atoms with E-state index in [0.717, 1.165) is 11.1 Å². The molecule has 1 aliphatic rings. The number of thiazole rings is 1. The topological polar surface area (TPSA) is 75.6 Å². The van der Waals surface area contributed by atoms with Crippen LogP contribution >= 0.6 is 22.9 Å². The van der Waals surface area contributed by atoms with Crippen LogP contribution in [0.25, 0.3) is 11.3 Å². The minimum Gasteiger partial charge on any atom is -0.504 e. The zero-order chi connectivity index (χ0) is 18.1. The van der Waals surface area contributed by atoms with Gasteiger partial charge in [-0.2, -0.15) is 0 Å². The maximum absolute atomic E-state index is 12.6. The van der Waals surface area contributed by atoms with Gasteiger partial charge in [0.15, 0.2) is 11.5 Å². The first-order valence-corrected chi connectivity index (χ1v) is 9.22. The van der Waals surface area contributed by atoms with Crippen LogP contribution in [0, 0.1) is 0 Å². The Morgan fingerprint density at radius 3 is 2.92 bits per heavy atom. The summed E-state index contributed by atoms with van der Waals surface area (Å²) in [5.74, 6) is 0.269. The quantitative estimate of drug-likeness (QED) is 0.727. The van der Waals surface area contributed by atoms with E-state index in [0.29, 0.717) is 41.9 Å². The Morgan fingerprint density at radius 1 is 1.31 bits per heavy atom. The number of hydrogen-bond acceptors (Lipinski definition) is 6. The van der Waals surface area contributed by atoms with Gasteiger partial charge in [0.2, 0.25) is 0 Å². The first-order valence-electron chi connectivity index (χ1n) is 7.90. The van der Waals surface area contributed by atoms with Gasteiger partial charge in [0.05, 0.1) is 22.8 Å². The maximum Gasteiger partial charge on any atom is 0.273 e. The summed E-state index contributed by atoms with van der Waals surface area (Å²) < 4.78 is 5.68. The maximum atomic E-state index is 12.6. The van der Waals surface area contributed by atoms with Crippen molar-refractivity contribution in [1.29, 1.82) is 0 Å². The van der Waals surface area contributed by atoms with Crippen molar-refractivity contribution in [3.63, 3.8) is 0 Å². The average Bonchev–Trinajstić information content (AvgIpc) is 3.08. The summed E-state index contributed by atoms with van der Waals surface area (Å²) in [4.78, 5) is 22.7. The van der Waals surface area contributed by atoms with E-state index in [2.05, 4.69) is 9.97 Å². The lowest BCUT2D eigenvalue weighted by Gasteiger charge is -2.19. The van der Waals surface area contributed by atoms with Crippen LogP contribution in [0.15, 0.2) is 41.4 Å². The summed E-state index contributed by atoms with van der Waals surface area (Å²) in [6, 6.07) is 6.99. The summed E-state index contributed by atoms with van der Waals surface area (Å²) in [5, 5.41) is 12.7. The highest BCUT2D eigenvalue weighted by atomic mass is 35.5. The molecule has 26 heavy (non-hydrogen) atoms. The van der Waals surface area contributed by atoms with Crippen molar-refractivity contribution in [3.8, 4) is 22.8 Å². The number of halogens is 1. The number of rotatable bonds is 2. The lowest BCUT2D eigenvalue weighted by Crippen LogP contribution is -2.32. The zero-order valence-corrected chi connectivity index (χ0v) is 15.1. The molecule has 4 rings (SSSR count). The number of aromatic hydroxyl groups is 1. The number of hydrogen-bond donors (Lipinski definition) is 1. The van der Waals surface area contributed by atoms with E-state index in [4.69, 9.17) is 16.3 Å². The Bertz CT molecular complexity index is 945. The van der Waals surface area contributed by atoms with Crippen LogP contribution in [0.4, 0.5) is 0 Å². The van der Waals surface area contributed by atoms with E-state index in [1.165, 1.54) is 11.3 Å². The first kappa shape index (κ1) is 16.8. The van der Waals surface area contributed by atoms with Gasteiger partial charge < -0.3 is 14.7 Å². The Morgan fingerprint density at radius 2 is 2.19 bits per heavy atom. The van der Waals surface area contributed by atoms with Gasteiger partial charge in [-0.1, -0.05) is 11.6 Å². The Hall–Kier alpha value is -2.64. The van der Waals surface area contributed by atoms with Crippen molar-refractivity contribution in [3.05, 3.63) is 57.6 Å². The van der Waals surface area contributed by atoms with Gasteiger partial charge in [-0.25, -0.2) is 4.98 Å². The molecular formula is C18H14ClN3O3S. The van der Waals surface area contributed by atoms with Crippen LogP contribution in [0.2, 0.25) is 5.02 Å². The number of pyridine rings is 1. The number of phenols is 1. The van der Waals surface area contributed by atoms with E-state index in [9.17, 15) is 9.90 Å². The fraction of sp³-hybridized carbons (Fsp3) is 0.167. The fourth-order valence-corrected chi connectivity index (χ4v) is 3.48. The number of carbonyl (C=O) groups excluding carboxylic acids is 1. The summed E-state index contributed by atoms with van der Waals surface area (Å²) in [7, 11) is 0. The molecule has 3 heterocycles. The third-order valence-electron chi connectivity index (χ3n) is 4.08. The third-order valence-corrected chi connectivity index (χ3v) is 4.89. The van der Waals surface area contributed by atoms with Gasteiger partial charge in [0.25, 0.3) is 5.91 Å². The van der Waals surface area contributed by atoms with Crippen LogP contribution < -0.4 is 4.74 Å². The molecule has 0 unspecified atom stereocenters. The van der Waals surface area contributed by atoms with E-state index >= 15 is 0 Å². The minimum atomic E-state index is -0.155. The molecule has 0 saturated carbocycles. The molecule has 1 aliphatic heterocycles. The molecule has 3 aromatic rings. The van der Waals surface area contributed by atoms with E-state index in [1.54, 1.807) is 40.2 Å². The Labute approximate surface area is 158 Å². The normalized spacial score (nSPS) is 13.7. The number of phenolic OH excluding ortho intramolecular Hbond substituents is 1. The van der Waals surface area contributed by atoms with Crippen LogP contribution in [0.5, 0.6) is 11.5 Å². The number of aromatic nitrogens is 2. The van der Waals surface area contributed by atoms with Crippen molar-refractivity contribution in [2.45, 2.75) is 6.54 Å². The van der Waals surface area contributed by atoms with E-state index in [1.807, 2.05) is 6.07 Å². The first-order chi connectivity index (χ1) is 12.6. The Kier molecular flexibility index (Phi) is 4.48. The van der Waals surface area contributed by atoms with E-state index in [-0.39, 0.29) is 11.7 Å². The molecule has 1 N–H and O–H groups in total. The summed E-state index contributed by atoms with van der Waals surface area (Å²) in [6.07, 6.45) is 1.55. The van der Waals surface area contributed by atoms with Gasteiger partial charge in [-0.3, -0.25) is 9.78 Å². The van der Waals surface area contributed by atoms with Gasteiger partial charge in [0, 0.05) is 29.2 Å². The molecule has 0 radical (unpaired) electrons. The molecule has 1 aromatic carbocycles.